The van der Waals surface area contributed by atoms with Crippen LogP contribution in [0.25, 0.3) is 0 Å². The zero-order valence-corrected chi connectivity index (χ0v) is 11.6. The number of carbonyl (C=O) groups excluding carboxylic acids is 1. The lowest BCUT2D eigenvalue weighted by molar-refractivity contribution is -0.142. The second kappa shape index (κ2) is 6.83. The van der Waals surface area contributed by atoms with E-state index in [1.54, 1.807) is 0 Å². The largest absolute Gasteiger partial charge is 0.468 e. The van der Waals surface area contributed by atoms with Gasteiger partial charge in [0.15, 0.2) is 0 Å². The molecule has 0 heterocycles. The Hall–Kier alpha value is -0.780. The minimum atomic E-state index is -0.691. The van der Waals surface area contributed by atoms with Gasteiger partial charge in [-0.1, -0.05) is 48.4 Å². The average Bonchev–Trinajstić information content (AvgIpc) is 2.38. The molecule has 0 amide bonds. The molecule has 0 aliphatic heterocycles. The van der Waals surface area contributed by atoms with Crippen LogP contribution in [0.3, 0.4) is 0 Å². The number of carbonyl (C=O) groups is 1. The van der Waals surface area contributed by atoms with E-state index in [1.165, 1.54) is 7.11 Å². The monoisotopic (exact) mass is 271 g/mol. The zero-order valence-electron chi connectivity index (χ0n) is 9.96. The van der Waals surface area contributed by atoms with Crippen LogP contribution in [0.2, 0.25) is 0 Å². The number of nitrogens with two attached hydrogens (primary N) is 1. The Labute approximate surface area is 109 Å². The molecule has 0 aliphatic carbocycles. The first-order valence-corrected chi connectivity index (χ1v) is 7.75. The molecule has 2 N–H and O–H groups in total. The molecular weight excluding hydrogens is 254 g/mol. The SMILES string of the molecule is CC[S@](=S)C(c1ccccc1)[C@H](N)C(=O)OC. The predicted octanol–water partition coefficient (Wildman–Crippen LogP) is 1.33. The summed E-state index contributed by atoms with van der Waals surface area (Å²) >= 11 is 5.43. The van der Waals surface area contributed by atoms with E-state index in [-0.39, 0.29) is 14.7 Å². The second-order valence-corrected chi connectivity index (χ2v) is 6.68. The smallest absolute Gasteiger partial charge is 0.324 e. The van der Waals surface area contributed by atoms with Gasteiger partial charge in [0.05, 0.1) is 12.4 Å². The van der Waals surface area contributed by atoms with Crippen LogP contribution >= 0.6 is 0 Å². The molecule has 0 saturated carbocycles. The van der Waals surface area contributed by atoms with Gasteiger partial charge in [-0.15, -0.1) is 9.45 Å². The van der Waals surface area contributed by atoms with Crippen molar-refractivity contribution in [3.63, 3.8) is 0 Å². The molecule has 3 atom stereocenters. The normalized spacial score (nSPS) is 15.9. The lowest BCUT2D eigenvalue weighted by Gasteiger charge is -2.23. The van der Waals surface area contributed by atoms with Crippen LogP contribution < -0.4 is 5.73 Å². The van der Waals surface area contributed by atoms with Crippen molar-refractivity contribution in [2.45, 2.75) is 18.2 Å². The Morgan fingerprint density at radius 2 is 2.06 bits per heavy atom. The summed E-state index contributed by atoms with van der Waals surface area (Å²) in [4.78, 5) is 11.6. The molecule has 0 spiro atoms. The quantitative estimate of drug-likeness (QED) is 0.821. The van der Waals surface area contributed by atoms with Crippen molar-refractivity contribution in [1.82, 2.24) is 0 Å². The van der Waals surface area contributed by atoms with E-state index in [0.717, 1.165) is 11.3 Å². The highest BCUT2D eigenvalue weighted by Gasteiger charge is 2.28. The molecule has 5 heteroatoms. The van der Waals surface area contributed by atoms with Gasteiger partial charge in [-0.25, -0.2) is 0 Å². The molecular formula is C12H17NO2S2. The number of hydrogen-bond donors (Lipinski definition) is 1. The third-order valence-electron chi connectivity index (χ3n) is 2.50. The number of benzene rings is 1. The summed E-state index contributed by atoms with van der Waals surface area (Å²) in [6.45, 7) is 2.01. The predicted molar refractivity (Wildman–Crippen MR) is 74.4 cm³/mol. The fourth-order valence-electron chi connectivity index (χ4n) is 1.60. The molecule has 0 aliphatic rings. The summed E-state index contributed by atoms with van der Waals surface area (Å²) in [6.07, 6.45) is 0. The molecule has 1 aromatic rings. The second-order valence-electron chi connectivity index (χ2n) is 3.55. The Morgan fingerprint density at radius 1 is 1.47 bits per heavy atom. The fraction of sp³-hybridized carbons (Fsp3) is 0.417. The van der Waals surface area contributed by atoms with Crippen LogP contribution in [0, 0.1) is 0 Å². The van der Waals surface area contributed by atoms with E-state index in [2.05, 4.69) is 0 Å². The molecule has 94 valence electrons. The van der Waals surface area contributed by atoms with E-state index >= 15 is 0 Å². The van der Waals surface area contributed by atoms with Crippen LogP contribution in [-0.2, 0) is 30.2 Å². The first kappa shape index (κ1) is 14.3. The van der Waals surface area contributed by atoms with E-state index < -0.39 is 12.0 Å². The molecule has 1 unspecified atom stereocenters. The third-order valence-corrected chi connectivity index (χ3v) is 5.53. The average molecular weight is 271 g/mol. The number of esters is 1. The number of rotatable bonds is 5. The summed E-state index contributed by atoms with van der Waals surface area (Å²) in [5, 5.41) is -0.149. The minimum Gasteiger partial charge on any atom is -0.468 e. The summed E-state index contributed by atoms with van der Waals surface area (Å²) in [7, 11) is 0.984. The van der Waals surface area contributed by atoms with Crippen LogP contribution in [0.15, 0.2) is 30.3 Å². The van der Waals surface area contributed by atoms with Crippen LogP contribution in [-0.4, -0.2) is 24.9 Å². The van der Waals surface area contributed by atoms with Gasteiger partial charge in [-0.05, 0) is 11.3 Å². The summed E-state index contributed by atoms with van der Waals surface area (Å²) < 4.78 is 4.70. The minimum absolute atomic E-state index is 0.149. The maximum Gasteiger partial charge on any atom is 0.324 e. The van der Waals surface area contributed by atoms with Crippen molar-refractivity contribution in [2.75, 3.05) is 12.9 Å². The highest BCUT2D eigenvalue weighted by atomic mass is 32.8. The fourth-order valence-corrected chi connectivity index (χ4v) is 3.56. The maximum atomic E-state index is 11.6. The lowest BCUT2D eigenvalue weighted by atomic mass is 10.1. The lowest BCUT2D eigenvalue weighted by Crippen LogP contribution is -2.39. The number of ether oxygens (including phenoxy) is 1. The van der Waals surface area contributed by atoms with Gasteiger partial charge in [0.1, 0.15) is 6.04 Å². The Morgan fingerprint density at radius 3 is 2.53 bits per heavy atom. The van der Waals surface area contributed by atoms with Gasteiger partial charge in [-0.2, -0.15) is 0 Å². The van der Waals surface area contributed by atoms with Crippen molar-refractivity contribution in [1.29, 1.82) is 0 Å². The molecule has 0 radical (unpaired) electrons. The van der Waals surface area contributed by atoms with Crippen molar-refractivity contribution < 1.29 is 9.53 Å². The zero-order chi connectivity index (χ0) is 12.8. The van der Waals surface area contributed by atoms with Crippen molar-refractivity contribution in [3.8, 4) is 0 Å². The topological polar surface area (TPSA) is 52.3 Å². The van der Waals surface area contributed by atoms with Crippen molar-refractivity contribution in [3.05, 3.63) is 35.9 Å². The molecule has 0 aromatic heterocycles. The number of hydrogen-bond acceptors (Lipinski definition) is 4. The Kier molecular flexibility index (Phi) is 5.74. The van der Waals surface area contributed by atoms with E-state index in [4.69, 9.17) is 21.7 Å². The van der Waals surface area contributed by atoms with E-state index in [1.807, 2.05) is 37.3 Å². The van der Waals surface area contributed by atoms with Gasteiger partial charge in [0.2, 0.25) is 0 Å². The summed E-state index contributed by atoms with van der Waals surface area (Å²) in [5.41, 5.74) is 6.95. The molecule has 0 fully saturated rings. The van der Waals surface area contributed by atoms with Crippen molar-refractivity contribution in [2.24, 2.45) is 5.73 Å². The molecule has 3 nitrogen and oxygen atoms in total. The Bertz CT molecular complexity index is 395. The molecule has 0 bridgehead atoms. The standard InChI is InChI=1S/C12H17NO2S2/c1-3-17(16)11(10(13)12(14)15-2)9-7-5-4-6-8-9/h4-8,10-11H,3,13H2,1-2H3/t10-,11?,17-/m0/s1. The molecule has 1 aromatic carbocycles. The van der Waals surface area contributed by atoms with Crippen molar-refractivity contribution >= 4 is 26.6 Å². The molecule has 1 rings (SSSR count). The van der Waals surface area contributed by atoms with Gasteiger partial charge >= 0.3 is 5.97 Å². The van der Waals surface area contributed by atoms with Gasteiger partial charge in [0, 0.05) is 0 Å². The van der Waals surface area contributed by atoms with Gasteiger partial charge < -0.3 is 10.5 Å². The van der Waals surface area contributed by atoms with E-state index in [9.17, 15) is 4.79 Å². The molecule has 17 heavy (non-hydrogen) atoms. The first-order valence-electron chi connectivity index (χ1n) is 5.37. The Balaban J connectivity index is 3.05. The summed E-state index contributed by atoms with van der Waals surface area (Å²) in [6, 6.07) is 8.99. The highest BCUT2D eigenvalue weighted by molar-refractivity contribution is 8.29. The van der Waals surface area contributed by atoms with Crippen LogP contribution in [0.4, 0.5) is 0 Å². The molecule has 0 saturated heterocycles. The van der Waals surface area contributed by atoms with Gasteiger partial charge in [0.25, 0.3) is 0 Å². The maximum absolute atomic E-state index is 11.6. The number of methoxy groups -OCH3 is 1. The summed E-state index contributed by atoms with van der Waals surface area (Å²) in [5.74, 6) is 0.411. The first-order chi connectivity index (χ1) is 8.11. The third kappa shape index (κ3) is 3.59. The van der Waals surface area contributed by atoms with Gasteiger partial charge in [-0.3, -0.25) is 4.79 Å². The highest BCUT2D eigenvalue weighted by Crippen LogP contribution is 2.24. The van der Waals surface area contributed by atoms with Crippen LogP contribution in [0.1, 0.15) is 17.7 Å². The van der Waals surface area contributed by atoms with Crippen LogP contribution in [0.5, 0.6) is 0 Å². The van der Waals surface area contributed by atoms with E-state index in [0.29, 0.717) is 0 Å².